The van der Waals surface area contributed by atoms with Gasteiger partial charge in [0.25, 0.3) is 5.56 Å². The highest BCUT2D eigenvalue weighted by Gasteiger charge is 2.14. The van der Waals surface area contributed by atoms with Gasteiger partial charge in [-0.2, -0.15) is 0 Å². The number of fused-ring (bicyclic) bond motifs is 1. The van der Waals surface area contributed by atoms with Crippen molar-refractivity contribution in [1.82, 2.24) is 14.5 Å². The largest absolute Gasteiger partial charge is 0.357 e. The van der Waals surface area contributed by atoms with E-state index in [9.17, 15) is 4.79 Å². The monoisotopic (exact) mass is 403 g/mol. The number of hydrogen-bond acceptors (Lipinski definition) is 2. The summed E-state index contributed by atoms with van der Waals surface area (Å²) in [6.07, 6.45) is 8.09. The number of nitrogens with one attached hydrogen (secondary N) is 1. The first-order valence-electron chi connectivity index (χ1n) is 10.2. The quantitative estimate of drug-likeness (QED) is 0.426. The van der Waals surface area contributed by atoms with Crippen LogP contribution in [-0.4, -0.2) is 14.5 Å². The molecule has 2 heterocycles. The maximum absolute atomic E-state index is 12.8. The summed E-state index contributed by atoms with van der Waals surface area (Å²) in [5.74, 6) is 0.625. The van der Waals surface area contributed by atoms with Gasteiger partial charge in [0.2, 0.25) is 0 Å². The van der Waals surface area contributed by atoms with Crippen molar-refractivity contribution in [3.05, 3.63) is 130 Å². The number of nitrogens with zero attached hydrogens (tertiary/aromatic N) is 2. The zero-order valence-electron chi connectivity index (χ0n) is 16.9. The zero-order valence-corrected chi connectivity index (χ0v) is 16.9. The lowest BCUT2D eigenvalue weighted by Gasteiger charge is -2.03. The third kappa shape index (κ3) is 4.09. The molecule has 5 rings (SSSR count). The summed E-state index contributed by atoms with van der Waals surface area (Å²) in [5.41, 5.74) is 5.86. The molecule has 0 fully saturated rings. The number of hydrogen-bond donors (Lipinski definition) is 1. The fourth-order valence-electron chi connectivity index (χ4n) is 3.63. The van der Waals surface area contributed by atoms with E-state index in [1.807, 2.05) is 60.7 Å². The average molecular weight is 403 g/mol. The van der Waals surface area contributed by atoms with E-state index in [2.05, 4.69) is 46.4 Å². The third-order valence-electron chi connectivity index (χ3n) is 5.29. The van der Waals surface area contributed by atoms with Gasteiger partial charge in [-0.3, -0.25) is 9.36 Å². The molecule has 3 aromatic rings. The Morgan fingerprint density at radius 2 is 1.48 bits per heavy atom. The smallest absolute Gasteiger partial charge is 0.278 e. The Morgan fingerprint density at radius 3 is 2.23 bits per heavy atom. The SMILES string of the molecule is O=c1c(Cc2ccccc2)nc2c[nH]c(C=Cc3ccc(-c4ccccc4)cc3)cn1-2. The van der Waals surface area contributed by atoms with E-state index >= 15 is 0 Å². The van der Waals surface area contributed by atoms with Gasteiger partial charge in [0.05, 0.1) is 5.69 Å². The summed E-state index contributed by atoms with van der Waals surface area (Å²) in [6, 6.07) is 28.6. The first kappa shape index (κ1) is 18.8. The molecule has 4 heteroatoms. The Morgan fingerprint density at radius 1 is 0.806 bits per heavy atom. The molecule has 0 unspecified atom stereocenters. The summed E-state index contributed by atoms with van der Waals surface area (Å²) in [5, 5.41) is 0. The van der Waals surface area contributed by atoms with Crippen LogP contribution in [0.4, 0.5) is 0 Å². The normalized spacial score (nSPS) is 11.4. The first-order valence-corrected chi connectivity index (χ1v) is 10.2. The molecular weight excluding hydrogens is 382 g/mol. The van der Waals surface area contributed by atoms with Gasteiger partial charge < -0.3 is 4.98 Å². The Balaban J connectivity index is 1.37. The van der Waals surface area contributed by atoms with Gasteiger partial charge in [-0.1, -0.05) is 91.0 Å². The van der Waals surface area contributed by atoms with E-state index in [0.717, 1.165) is 16.8 Å². The van der Waals surface area contributed by atoms with E-state index in [1.165, 1.54) is 11.1 Å². The van der Waals surface area contributed by atoms with Crippen LogP contribution in [0.15, 0.2) is 102 Å². The van der Waals surface area contributed by atoms with Crippen LogP contribution in [0, 0.1) is 0 Å². The van der Waals surface area contributed by atoms with Crippen LogP contribution in [0.1, 0.15) is 22.5 Å². The number of imidazole rings is 1. The number of H-pyrrole nitrogens is 1. The Hall–Kier alpha value is -4.18. The summed E-state index contributed by atoms with van der Waals surface area (Å²) >= 11 is 0. The van der Waals surface area contributed by atoms with Crippen LogP contribution in [0.25, 0.3) is 29.1 Å². The van der Waals surface area contributed by atoms with Crippen molar-refractivity contribution >= 4 is 12.2 Å². The van der Waals surface area contributed by atoms with Gasteiger partial charge in [0.1, 0.15) is 5.69 Å². The van der Waals surface area contributed by atoms with Crippen molar-refractivity contribution in [3.8, 4) is 16.9 Å². The summed E-state index contributed by atoms with van der Waals surface area (Å²) in [7, 11) is 0. The van der Waals surface area contributed by atoms with Crippen molar-refractivity contribution < 1.29 is 0 Å². The standard InChI is InChI=1S/C27H21N3O/c31-27-25(17-21-7-3-1-4-8-21)29-26-18-28-24(19-30(26)27)16-13-20-11-14-23(15-12-20)22-9-5-2-6-10-22/h1-16,18-19,28H,17H2. The third-order valence-corrected chi connectivity index (χ3v) is 5.29. The minimum atomic E-state index is -0.0743. The van der Waals surface area contributed by atoms with Gasteiger partial charge in [-0.15, -0.1) is 0 Å². The Labute approximate surface area is 180 Å². The zero-order chi connectivity index (χ0) is 21.0. The Bertz CT molecular complexity index is 1350. The molecule has 1 N–H and O–H groups in total. The summed E-state index contributed by atoms with van der Waals surface area (Å²) in [4.78, 5) is 20.5. The van der Waals surface area contributed by atoms with Crippen LogP contribution in [-0.2, 0) is 6.42 Å². The van der Waals surface area contributed by atoms with Crippen molar-refractivity contribution in [3.63, 3.8) is 0 Å². The molecule has 0 saturated heterocycles. The predicted molar refractivity (Wildman–Crippen MR) is 125 cm³/mol. The highest BCUT2D eigenvalue weighted by atomic mass is 16.1. The molecule has 150 valence electrons. The number of rotatable bonds is 5. The average Bonchev–Trinajstić information content (AvgIpc) is 3.14. The molecule has 2 aliphatic rings. The lowest BCUT2D eigenvalue weighted by Crippen LogP contribution is -2.15. The molecular formula is C27H21N3O. The minimum absolute atomic E-state index is 0.0743. The maximum atomic E-state index is 12.8. The van der Waals surface area contributed by atoms with Gasteiger partial charge >= 0.3 is 0 Å². The second-order valence-corrected chi connectivity index (χ2v) is 7.45. The summed E-state index contributed by atoms with van der Waals surface area (Å²) < 4.78 is 1.60. The molecule has 0 bridgehead atoms. The van der Waals surface area contributed by atoms with E-state index < -0.39 is 0 Å². The second-order valence-electron chi connectivity index (χ2n) is 7.45. The van der Waals surface area contributed by atoms with Gasteiger partial charge in [0, 0.05) is 18.8 Å². The molecule has 0 radical (unpaired) electrons. The molecule has 2 aliphatic heterocycles. The van der Waals surface area contributed by atoms with Crippen LogP contribution < -0.4 is 5.56 Å². The van der Waals surface area contributed by atoms with Gasteiger partial charge in [-0.25, -0.2) is 4.98 Å². The molecule has 3 aromatic carbocycles. The van der Waals surface area contributed by atoms with Crippen molar-refractivity contribution in [1.29, 1.82) is 0 Å². The molecule has 0 amide bonds. The van der Waals surface area contributed by atoms with Crippen LogP contribution in [0.2, 0.25) is 0 Å². The van der Waals surface area contributed by atoms with Crippen molar-refractivity contribution in [2.24, 2.45) is 0 Å². The lowest BCUT2D eigenvalue weighted by atomic mass is 10.0. The summed E-state index contributed by atoms with van der Waals surface area (Å²) in [6.45, 7) is 0. The van der Waals surface area contributed by atoms with E-state index in [1.54, 1.807) is 17.0 Å². The molecule has 31 heavy (non-hydrogen) atoms. The second kappa shape index (κ2) is 8.28. The topological polar surface area (TPSA) is 50.7 Å². The van der Waals surface area contributed by atoms with Crippen LogP contribution in [0.3, 0.4) is 0 Å². The van der Waals surface area contributed by atoms with E-state index in [-0.39, 0.29) is 5.56 Å². The van der Waals surface area contributed by atoms with E-state index in [4.69, 9.17) is 0 Å². The first-order chi connectivity index (χ1) is 15.3. The molecule has 0 atom stereocenters. The van der Waals surface area contributed by atoms with Crippen molar-refractivity contribution in [2.75, 3.05) is 0 Å². The maximum Gasteiger partial charge on any atom is 0.278 e. The highest BCUT2D eigenvalue weighted by Crippen LogP contribution is 2.20. The lowest BCUT2D eigenvalue weighted by molar-refractivity contribution is 0.961. The highest BCUT2D eigenvalue weighted by molar-refractivity contribution is 5.71. The van der Waals surface area contributed by atoms with Gasteiger partial charge in [0.15, 0.2) is 5.82 Å². The number of aromatic amines is 1. The van der Waals surface area contributed by atoms with Crippen LogP contribution >= 0.6 is 0 Å². The molecule has 0 aromatic heterocycles. The molecule has 0 saturated carbocycles. The molecule has 0 spiro atoms. The fraction of sp³-hybridized carbons (Fsp3) is 0.0370. The van der Waals surface area contributed by atoms with Gasteiger partial charge in [-0.05, 0) is 28.3 Å². The minimum Gasteiger partial charge on any atom is -0.357 e. The van der Waals surface area contributed by atoms with E-state index in [0.29, 0.717) is 17.9 Å². The predicted octanol–water partition coefficient (Wildman–Crippen LogP) is 5.43. The Kier molecular flexibility index (Phi) is 5.03. The molecule has 0 aliphatic carbocycles. The fourth-order valence-corrected chi connectivity index (χ4v) is 3.63. The van der Waals surface area contributed by atoms with Crippen LogP contribution in [0.5, 0.6) is 0 Å². The van der Waals surface area contributed by atoms with Crippen molar-refractivity contribution in [2.45, 2.75) is 6.42 Å². The number of aromatic nitrogens is 3. The molecule has 4 nitrogen and oxygen atoms in total. The number of benzene rings is 3.